The molecule has 152 valence electrons. The van der Waals surface area contributed by atoms with E-state index in [2.05, 4.69) is 20.3 Å². The maximum Gasteiger partial charge on any atom is 0.262 e. The predicted molar refractivity (Wildman–Crippen MR) is 117 cm³/mol. The zero-order valence-corrected chi connectivity index (χ0v) is 18.0. The summed E-state index contributed by atoms with van der Waals surface area (Å²) >= 11 is 7.93. The fourth-order valence-electron chi connectivity index (χ4n) is 3.62. The second-order valence-corrected chi connectivity index (χ2v) is 8.55. The number of aryl methyl sites for hydroxylation is 1. The van der Waals surface area contributed by atoms with Crippen molar-refractivity contribution in [3.05, 3.63) is 63.4 Å². The highest BCUT2D eigenvalue weighted by Gasteiger charge is 2.21. The fraction of sp³-hybridized carbons (Fsp3) is 0.381. The van der Waals surface area contributed by atoms with Gasteiger partial charge in [-0.3, -0.25) is 15.0 Å². The molecular formula is C21H24ClN5OS. The van der Waals surface area contributed by atoms with Crippen LogP contribution in [0.4, 0.5) is 5.13 Å². The predicted octanol–water partition coefficient (Wildman–Crippen LogP) is 4.59. The molecule has 2 aromatic heterocycles. The first-order valence-corrected chi connectivity index (χ1v) is 11.1. The molecule has 0 aliphatic carbocycles. The van der Waals surface area contributed by atoms with Crippen LogP contribution in [-0.4, -0.2) is 38.7 Å². The highest BCUT2D eigenvalue weighted by Crippen LogP contribution is 2.24. The van der Waals surface area contributed by atoms with Gasteiger partial charge in [-0.15, -0.1) is 11.3 Å². The summed E-state index contributed by atoms with van der Waals surface area (Å²) in [5.41, 5.74) is 3.07. The number of piperidine rings is 1. The van der Waals surface area contributed by atoms with Crippen LogP contribution in [0, 0.1) is 6.92 Å². The molecule has 1 amide bonds. The second kappa shape index (κ2) is 9.07. The Balaban J connectivity index is 1.43. The summed E-state index contributed by atoms with van der Waals surface area (Å²) in [6.45, 7) is 5.39. The van der Waals surface area contributed by atoms with E-state index < -0.39 is 0 Å². The maximum absolute atomic E-state index is 12.8. The number of hydrogen-bond donors (Lipinski definition) is 1. The van der Waals surface area contributed by atoms with E-state index in [9.17, 15) is 4.79 Å². The van der Waals surface area contributed by atoms with Crippen molar-refractivity contribution in [3.63, 3.8) is 0 Å². The minimum absolute atomic E-state index is 0.273. The fourth-order valence-corrected chi connectivity index (χ4v) is 4.63. The van der Waals surface area contributed by atoms with Crippen LogP contribution in [0.5, 0.6) is 0 Å². The van der Waals surface area contributed by atoms with Crippen LogP contribution in [0.1, 0.15) is 46.6 Å². The van der Waals surface area contributed by atoms with E-state index in [0.29, 0.717) is 28.1 Å². The summed E-state index contributed by atoms with van der Waals surface area (Å²) in [5, 5.41) is 10.3. The maximum atomic E-state index is 12.8. The van der Waals surface area contributed by atoms with Crippen molar-refractivity contribution in [2.24, 2.45) is 0 Å². The smallest absolute Gasteiger partial charge is 0.262 e. The van der Waals surface area contributed by atoms with Crippen LogP contribution in [0.25, 0.3) is 0 Å². The SMILES string of the molecule is Cc1nn(Cc2ccccc2)c(Cl)c1C(=O)Nc1nc(CN2CCCCC2)cs1. The van der Waals surface area contributed by atoms with Gasteiger partial charge < -0.3 is 0 Å². The number of carbonyl (C=O) groups excluding carboxylic acids is 1. The lowest BCUT2D eigenvalue weighted by atomic mass is 10.1. The number of aromatic nitrogens is 3. The third kappa shape index (κ3) is 4.86. The zero-order chi connectivity index (χ0) is 20.2. The van der Waals surface area contributed by atoms with E-state index in [-0.39, 0.29) is 5.91 Å². The van der Waals surface area contributed by atoms with E-state index in [1.165, 1.54) is 30.6 Å². The molecule has 6 nitrogen and oxygen atoms in total. The largest absolute Gasteiger partial charge is 0.298 e. The zero-order valence-electron chi connectivity index (χ0n) is 16.4. The summed E-state index contributed by atoms with van der Waals surface area (Å²) in [7, 11) is 0. The van der Waals surface area contributed by atoms with Crippen LogP contribution in [0.2, 0.25) is 5.15 Å². The number of anilines is 1. The van der Waals surface area contributed by atoms with Crippen molar-refractivity contribution >= 4 is 34.0 Å². The number of hydrogen-bond acceptors (Lipinski definition) is 5. The molecule has 1 aromatic carbocycles. The molecule has 29 heavy (non-hydrogen) atoms. The molecule has 0 saturated carbocycles. The summed E-state index contributed by atoms with van der Waals surface area (Å²) in [5.74, 6) is -0.273. The molecule has 1 aliphatic heterocycles. The normalized spacial score (nSPS) is 14.8. The van der Waals surface area contributed by atoms with Gasteiger partial charge in [0.05, 0.1) is 23.5 Å². The molecule has 0 spiro atoms. The van der Waals surface area contributed by atoms with Crippen molar-refractivity contribution in [2.75, 3.05) is 18.4 Å². The highest BCUT2D eigenvalue weighted by molar-refractivity contribution is 7.14. The molecule has 0 radical (unpaired) electrons. The van der Waals surface area contributed by atoms with Crippen LogP contribution in [-0.2, 0) is 13.1 Å². The van der Waals surface area contributed by atoms with Gasteiger partial charge in [0.15, 0.2) is 5.13 Å². The number of nitrogens with one attached hydrogen (secondary N) is 1. The molecule has 3 aromatic rings. The minimum atomic E-state index is -0.273. The van der Waals surface area contributed by atoms with Gasteiger partial charge in [-0.1, -0.05) is 48.4 Å². The number of benzene rings is 1. The summed E-state index contributed by atoms with van der Waals surface area (Å²) < 4.78 is 1.66. The summed E-state index contributed by atoms with van der Waals surface area (Å²) in [6, 6.07) is 9.92. The Kier molecular flexibility index (Phi) is 6.28. The van der Waals surface area contributed by atoms with Gasteiger partial charge in [0, 0.05) is 11.9 Å². The van der Waals surface area contributed by atoms with Crippen molar-refractivity contribution in [1.29, 1.82) is 0 Å². The molecule has 0 unspecified atom stereocenters. The molecule has 3 heterocycles. The van der Waals surface area contributed by atoms with Gasteiger partial charge in [-0.05, 0) is 38.4 Å². The first kappa shape index (κ1) is 20.1. The van der Waals surface area contributed by atoms with E-state index >= 15 is 0 Å². The highest BCUT2D eigenvalue weighted by atomic mass is 35.5. The molecule has 1 aliphatic rings. The number of carbonyl (C=O) groups is 1. The van der Waals surface area contributed by atoms with Crippen LogP contribution in [0.15, 0.2) is 35.7 Å². The number of halogens is 1. The first-order chi connectivity index (χ1) is 14.1. The molecule has 0 atom stereocenters. The Labute approximate surface area is 179 Å². The number of nitrogens with zero attached hydrogens (tertiary/aromatic N) is 4. The molecular weight excluding hydrogens is 406 g/mol. The Morgan fingerprint density at radius 1 is 1.17 bits per heavy atom. The number of amides is 1. The van der Waals surface area contributed by atoms with Crippen molar-refractivity contribution in [3.8, 4) is 0 Å². The van der Waals surface area contributed by atoms with E-state index in [1.54, 1.807) is 11.6 Å². The number of rotatable bonds is 6. The minimum Gasteiger partial charge on any atom is -0.298 e. The van der Waals surface area contributed by atoms with Crippen LogP contribution >= 0.6 is 22.9 Å². The Bertz CT molecular complexity index is 978. The molecule has 1 fully saturated rings. The molecule has 0 bridgehead atoms. The summed E-state index contributed by atoms with van der Waals surface area (Å²) in [6.07, 6.45) is 3.81. The third-order valence-electron chi connectivity index (χ3n) is 5.07. The van der Waals surface area contributed by atoms with E-state index in [1.807, 2.05) is 35.7 Å². The Morgan fingerprint density at radius 3 is 2.69 bits per heavy atom. The van der Waals surface area contributed by atoms with E-state index in [0.717, 1.165) is 30.9 Å². The molecule has 1 N–H and O–H groups in total. The van der Waals surface area contributed by atoms with Crippen LogP contribution in [0.3, 0.4) is 0 Å². The average molecular weight is 430 g/mol. The quantitative estimate of drug-likeness (QED) is 0.622. The van der Waals surface area contributed by atoms with Crippen molar-refractivity contribution < 1.29 is 4.79 Å². The number of thiazole rings is 1. The van der Waals surface area contributed by atoms with Gasteiger partial charge in [0.25, 0.3) is 5.91 Å². The first-order valence-electron chi connectivity index (χ1n) is 9.85. The van der Waals surface area contributed by atoms with Gasteiger partial charge in [0.1, 0.15) is 5.15 Å². The number of likely N-dealkylation sites (tertiary alicyclic amines) is 1. The second-order valence-electron chi connectivity index (χ2n) is 7.33. The summed E-state index contributed by atoms with van der Waals surface area (Å²) in [4.78, 5) is 19.8. The van der Waals surface area contributed by atoms with Gasteiger partial charge >= 0.3 is 0 Å². The van der Waals surface area contributed by atoms with Crippen molar-refractivity contribution in [1.82, 2.24) is 19.7 Å². The lowest BCUT2D eigenvalue weighted by Crippen LogP contribution is -2.29. The third-order valence-corrected chi connectivity index (χ3v) is 6.26. The van der Waals surface area contributed by atoms with Crippen LogP contribution < -0.4 is 5.32 Å². The molecule has 1 saturated heterocycles. The van der Waals surface area contributed by atoms with Crippen molar-refractivity contribution in [2.45, 2.75) is 39.3 Å². The Hall–Kier alpha value is -2.22. The molecule has 4 rings (SSSR count). The molecule has 8 heteroatoms. The standard InChI is InChI=1S/C21H24ClN5OS/c1-15-18(19(22)27(25-15)12-16-8-4-2-5-9-16)20(28)24-21-23-17(14-29-21)13-26-10-6-3-7-11-26/h2,4-5,8-9,14H,3,6-7,10-13H2,1H3,(H,23,24,28). The topological polar surface area (TPSA) is 63.1 Å². The monoisotopic (exact) mass is 429 g/mol. The lowest BCUT2D eigenvalue weighted by molar-refractivity contribution is 0.102. The van der Waals surface area contributed by atoms with Gasteiger partial charge in [-0.2, -0.15) is 5.10 Å². The van der Waals surface area contributed by atoms with Gasteiger partial charge in [-0.25, -0.2) is 9.67 Å². The lowest BCUT2D eigenvalue weighted by Gasteiger charge is -2.25. The van der Waals surface area contributed by atoms with Gasteiger partial charge in [0.2, 0.25) is 0 Å². The average Bonchev–Trinajstić information content (AvgIpc) is 3.27. The Morgan fingerprint density at radius 2 is 1.93 bits per heavy atom. The van der Waals surface area contributed by atoms with E-state index in [4.69, 9.17) is 11.6 Å².